The molecule has 24 heavy (non-hydrogen) atoms. The van der Waals surface area contributed by atoms with E-state index in [9.17, 15) is 4.79 Å². The number of aromatic nitrogens is 3. The molecule has 0 atom stereocenters. The molecular formula is C17H24N4O2S. The number of nitrogens with zero attached hydrogens (tertiary/aromatic N) is 3. The summed E-state index contributed by atoms with van der Waals surface area (Å²) in [6.45, 7) is 5.69. The monoisotopic (exact) mass is 348 g/mol. The molecule has 1 aromatic heterocycles. The van der Waals surface area contributed by atoms with Crippen LogP contribution in [0.25, 0.3) is 0 Å². The minimum Gasteiger partial charge on any atom is -0.385 e. The summed E-state index contributed by atoms with van der Waals surface area (Å²) in [6.07, 6.45) is 2.57. The lowest BCUT2D eigenvalue weighted by Gasteiger charge is -2.13. The van der Waals surface area contributed by atoms with Crippen molar-refractivity contribution in [2.24, 2.45) is 0 Å². The second kappa shape index (κ2) is 9.44. The van der Waals surface area contributed by atoms with Gasteiger partial charge in [0.15, 0.2) is 5.16 Å². The summed E-state index contributed by atoms with van der Waals surface area (Å²) >= 11 is 1.39. The maximum atomic E-state index is 12.2. The van der Waals surface area contributed by atoms with E-state index in [0.29, 0.717) is 18.3 Å². The van der Waals surface area contributed by atoms with Crippen molar-refractivity contribution in [2.45, 2.75) is 37.9 Å². The van der Waals surface area contributed by atoms with Crippen molar-refractivity contribution in [3.05, 3.63) is 36.2 Å². The van der Waals surface area contributed by atoms with Crippen LogP contribution in [0.15, 0.2) is 35.7 Å². The molecule has 0 saturated heterocycles. The number of para-hydroxylation sites is 1. The van der Waals surface area contributed by atoms with Crippen LogP contribution in [0.3, 0.4) is 0 Å². The number of benzene rings is 1. The summed E-state index contributed by atoms with van der Waals surface area (Å²) in [6, 6.07) is 7.90. The third-order valence-corrected chi connectivity index (χ3v) is 4.50. The Morgan fingerprint density at radius 3 is 2.92 bits per heavy atom. The van der Waals surface area contributed by atoms with E-state index in [4.69, 9.17) is 4.74 Å². The Morgan fingerprint density at radius 1 is 1.38 bits per heavy atom. The van der Waals surface area contributed by atoms with Gasteiger partial charge in [-0.1, -0.05) is 43.8 Å². The van der Waals surface area contributed by atoms with E-state index in [2.05, 4.69) is 29.4 Å². The summed E-state index contributed by atoms with van der Waals surface area (Å²) in [5.74, 6) is 0.618. The van der Waals surface area contributed by atoms with Crippen LogP contribution in [0.1, 0.15) is 31.7 Å². The Hall–Kier alpha value is -1.86. The van der Waals surface area contributed by atoms with Crippen molar-refractivity contribution in [2.75, 3.05) is 24.8 Å². The van der Waals surface area contributed by atoms with Gasteiger partial charge in [-0.25, -0.2) is 0 Å². The normalized spacial score (nSPS) is 11.0. The third kappa shape index (κ3) is 5.35. The van der Waals surface area contributed by atoms with E-state index in [-0.39, 0.29) is 5.91 Å². The molecule has 2 aromatic rings. The molecule has 0 spiro atoms. The summed E-state index contributed by atoms with van der Waals surface area (Å²) in [7, 11) is 1.68. The van der Waals surface area contributed by atoms with Gasteiger partial charge in [0.1, 0.15) is 6.33 Å². The van der Waals surface area contributed by atoms with Gasteiger partial charge < -0.3 is 14.6 Å². The largest absolute Gasteiger partial charge is 0.385 e. The predicted molar refractivity (Wildman–Crippen MR) is 96.4 cm³/mol. The van der Waals surface area contributed by atoms with E-state index < -0.39 is 0 Å². The Bertz CT molecular complexity index is 658. The quantitative estimate of drug-likeness (QED) is 0.557. The molecular weight excluding hydrogens is 324 g/mol. The lowest BCUT2D eigenvalue weighted by Crippen LogP contribution is -2.16. The van der Waals surface area contributed by atoms with Crippen LogP contribution >= 0.6 is 11.8 Å². The fraction of sp³-hybridized carbons (Fsp3) is 0.471. The van der Waals surface area contributed by atoms with Gasteiger partial charge >= 0.3 is 0 Å². The second-order valence-corrected chi connectivity index (χ2v) is 6.67. The van der Waals surface area contributed by atoms with Gasteiger partial charge in [0, 0.05) is 25.9 Å². The van der Waals surface area contributed by atoms with Crippen LogP contribution in [-0.2, 0) is 16.1 Å². The third-order valence-electron chi connectivity index (χ3n) is 3.52. The zero-order valence-electron chi connectivity index (χ0n) is 14.4. The van der Waals surface area contributed by atoms with Crippen molar-refractivity contribution in [1.82, 2.24) is 14.8 Å². The molecule has 0 aliphatic rings. The summed E-state index contributed by atoms with van der Waals surface area (Å²) < 4.78 is 6.99. The number of nitrogens with one attached hydrogen (secondary N) is 1. The first kappa shape index (κ1) is 18.5. The van der Waals surface area contributed by atoms with E-state index in [1.165, 1.54) is 11.8 Å². The van der Waals surface area contributed by atoms with Gasteiger partial charge in [0.2, 0.25) is 5.91 Å². The molecule has 2 rings (SSSR count). The van der Waals surface area contributed by atoms with Crippen LogP contribution < -0.4 is 5.32 Å². The number of anilines is 1. The molecule has 6 nitrogen and oxygen atoms in total. The molecule has 1 aromatic carbocycles. The van der Waals surface area contributed by atoms with Crippen molar-refractivity contribution < 1.29 is 9.53 Å². The Morgan fingerprint density at radius 2 is 2.17 bits per heavy atom. The average Bonchev–Trinajstić information content (AvgIpc) is 3.01. The average molecular weight is 348 g/mol. The molecule has 1 amide bonds. The SMILES string of the molecule is COCCCn1cnnc1SCC(=O)Nc1ccccc1C(C)C. The molecule has 0 fully saturated rings. The van der Waals surface area contributed by atoms with Crippen LogP contribution in [-0.4, -0.2) is 40.1 Å². The van der Waals surface area contributed by atoms with E-state index >= 15 is 0 Å². The standard InChI is InChI=1S/C17H24N4O2S/c1-13(2)14-7-4-5-8-15(14)19-16(22)11-24-17-20-18-12-21(17)9-6-10-23-3/h4-5,7-8,12-13H,6,9-11H2,1-3H3,(H,19,22). The van der Waals surface area contributed by atoms with Crippen LogP contribution in [0.4, 0.5) is 5.69 Å². The lowest BCUT2D eigenvalue weighted by molar-refractivity contribution is -0.113. The highest BCUT2D eigenvalue weighted by atomic mass is 32.2. The summed E-state index contributed by atoms with van der Waals surface area (Å²) in [4.78, 5) is 12.2. The number of thioether (sulfide) groups is 1. The minimum atomic E-state index is -0.0421. The molecule has 0 unspecified atom stereocenters. The second-order valence-electron chi connectivity index (χ2n) is 5.73. The molecule has 0 bridgehead atoms. The number of ether oxygens (including phenoxy) is 1. The maximum Gasteiger partial charge on any atom is 0.234 e. The number of hydrogen-bond donors (Lipinski definition) is 1. The van der Waals surface area contributed by atoms with E-state index in [1.807, 2.05) is 28.8 Å². The van der Waals surface area contributed by atoms with Crippen molar-refractivity contribution in [1.29, 1.82) is 0 Å². The highest BCUT2D eigenvalue weighted by molar-refractivity contribution is 7.99. The highest BCUT2D eigenvalue weighted by Crippen LogP contribution is 2.24. The smallest absolute Gasteiger partial charge is 0.234 e. The first-order chi connectivity index (χ1) is 11.6. The molecule has 7 heteroatoms. The topological polar surface area (TPSA) is 69.0 Å². The molecule has 1 N–H and O–H groups in total. The fourth-order valence-electron chi connectivity index (χ4n) is 2.32. The number of carbonyl (C=O) groups is 1. The van der Waals surface area contributed by atoms with Gasteiger partial charge in [-0.15, -0.1) is 10.2 Å². The number of amides is 1. The van der Waals surface area contributed by atoms with Crippen molar-refractivity contribution in [3.63, 3.8) is 0 Å². The zero-order chi connectivity index (χ0) is 17.4. The Kier molecular flexibility index (Phi) is 7.27. The zero-order valence-corrected chi connectivity index (χ0v) is 15.2. The first-order valence-electron chi connectivity index (χ1n) is 8.00. The predicted octanol–water partition coefficient (Wildman–Crippen LogP) is 3.17. The molecule has 1 heterocycles. The lowest BCUT2D eigenvalue weighted by atomic mass is 10.0. The Balaban J connectivity index is 1.89. The molecule has 0 aliphatic carbocycles. The number of hydrogen-bond acceptors (Lipinski definition) is 5. The summed E-state index contributed by atoms with van der Waals surface area (Å²) in [5, 5.41) is 11.7. The highest BCUT2D eigenvalue weighted by Gasteiger charge is 2.11. The van der Waals surface area contributed by atoms with Crippen LogP contribution in [0.5, 0.6) is 0 Å². The number of aryl methyl sites for hydroxylation is 1. The van der Waals surface area contributed by atoms with Crippen molar-refractivity contribution >= 4 is 23.4 Å². The molecule has 0 saturated carbocycles. The van der Waals surface area contributed by atoms with E-state index in [0.717, 1.165) is 29.4 Å². The van der Waals surface area contributed by atoms with E-state index in [1.54, 1.807) is 13.4 Å². The Labute approximate surface area is 147 Å². The maximum absolute atomic E-state index is 12.2. The number of carbonyl (C=O) groups excluding carboxylic acids is 1. The van der Waals surface area contributed by atoms with Gasteiger partial charge in [0.25, 0.3) is 0 Å². The van der Waals surface area contributed by atoms with Gasteiger partial charge in [-0.05, 0) is 24.0 Å². The van der Waals surface area contributed by atoms with Crippen LogP contribution in [0, 0.1) is 0 Å². The summed E-state index contributed by atoms with van der Waals surface area (Å²) in [5.41, 5.74) is 2.01. The number of rotatable bonds is 9. The van der Waals surface area contributed by atoms with Gasteiger partial charge in [-0.2, -0.15) is 0 Å². The van der Waals surface area contributed by atoms with Gasteiger partial charge in [0.05, 0.1) is 5.75 Å². The molecule has 0 aliphatic heterocycles. The van der Waals surface area contributed by atoms with Crippen LogP contribution in [0.2, 0.25) is 0 Å². The molecule has 0 radical (unpaired) electrons. The number of methoxy groups -OCH3 is 1. The minimum absolute atomic E-state index is 0.0421. The van der Waals surface area contributed by atoms with Gasteiger partial charge in [-0.3, -0.25) is 4.79 Å². The first-order valence-corrected chi connectivity index (χ1v) is 8.98. The molecule has 130 valence electrons. The van der Waals surface area contributed by atoms with Crippen molar-refractivity contribution in [3.8, 4) is 0 Å². The fourth-order valence-corrected chi connectivity index (χ4v) is 3.06.